The predicted octanol–water partition coefficient (Wildman–Crippen LogP) is 4.10. The first kappa shape index (κ1) is 14.3. The standard InChI is InChI=1S/C17H18N2OS2/c20-16(19-9-7-13(8-10-19)12-5-6-12)11-21-17-18-14-3-1-2-4-15(14)22-17/h1-4H,5-11H2. The van der Waals surface area contributed by atoms with Crippen molar-refractivity contribution in [2.75, 3.05) is 18.8 Å². The fourth-order valence-corrected chi connectivity index (χ4v) is 4.89. The average Bonchev–Trinajstić information content (AvgIpc) is 3.32. The molecule has 2 fully saturated rings. The Morgan fingerprint density at radius 3 is 2.59 bits per heavy atom. The van der Waals surface area contributed by atoms with Gasteiger partial charge in [0.1, 0.15) is 0 Å². The summed E-state index contributed by atoms with van der Waals surface area (Å²) in [5.41, 5.74) is 4.32. The molecular weight excluding hydrogens is 312 g/mol. The molecule has 1 saturated carbocycles. The van der Waals surface area contributed by atoms with Crippen molar-refractivity contribution in [1.29, 1.82) is 0 Å². The topological polar surface area (TPSA) is 33.2 Å². The van der Waals surface area contributed by atoms with Crippen molar-refractivity contribution in [3.63, 3.8) is 0 Å². The molecule has 0 bridgehead atoms. The molecule has 0 atom stereocenters. The number of para-hydroxylation sites is 1. The largest absolute Gasteiger partial charge is 0.341 e. The summed E-state index contributed by atoms with van der Waals surface area (Å²) in [5.74, 6) is 0.759. The number of thioether (sulfide) groups is 1. The van der Waals surface area contributed by atoms with Gasteiger partial charge in [0.15, 0.2) is 4.34 Å². The van der Waals surface area contributed by atoms with Crippen LogP contribution in [0.5, 0.6) is 0 Å². The van der Waals surface area contributed by atoms with Gasteiger partial charge >= 0.3 is 0 Å². The van der Waals surface area contributed by atoms with Gasteiger partial charge in [-0.15, -0.1) is 11.3 Å². The van der Waals surface area contributed by atoms with Gasteiger partial charge in [-0.05, 0) is 37.8 Å². The van der Waals surface area contributed by atoms with Gasteiger partial charge in [-0.25, -0.2) is 4.98 Å². The second kappa shape index (κ2) is 6.05. The zero-order chi connectivity index (χ0) is 14.9. The van der Waals surface area contributed by atoms with Gasteiger partial charge in [-0.3, -0.25) is 4.79 Å². The normalized spacial score (nSPS) is 18.1. The molecule has 0 unspecified atom stereocenters. The number of nitrogens with zero attached hydrogens (tertiary/aromatic N) is 2. The highest BCUT2D eigenvalue weighted by molar-refractivity contribution is 8.01. The minimum atomic E-state index is 0.254. The molecule has 2 aromatic rings. The minimum absolute atomic E-state index is 0.254. The fraction of sp³-hybridized carbons (Fsp3) is 0.412. The molecule has 0 radical (unpaired) electrons. The molecule has 1 saturated heterocycles. The van der Waals surface area contributed by atoms with E-state index in [-0.39, 0.29) is 5.91 Å². The minimum Gasteiger partial charge on any atom is -0.341 e. The van der Waals surface area contributed by atoms with Gasteiger partial charge in [0, 0.05) is 13.1 Å². The number of allylic oxidation sites excluding steroid dienone is 1. The quantitative estimate of drug-likeness (QED) is 0.627. The number of fused-ring (bicyclic) bond motifs is 1. The Hall–Kier alpha value is -1.33. The third kappa shape index (κ3) is 3.06. The summed E-state index contributed by atoms with van der Waals surface area (Å²) in [7, 11) is 0. The van der Waals surface area contributed by atoms with Crippen LogP contribution in [-0.4, -0.2) is 34.6 Å². The molecule has 1 aliphatic heterocycles. The Morgan fingerprint density at radius 1 is 1.14 bits per heavy atom. The van der Waals surface area contributed by atoms with Crippen molar-refractivity contribution in [3.05, 3.63) is 35.4 Å². The summed E-state index contributed by atoms with van der Waals surface area (Å²) in [6.07, 6.45) is 4.78. The maximum atomic E-state index is 12.3. The third-order valence-electron chi connectivity index (χ3n) is 4.31. The molecule has 22 heavy (non-hydrogen) atoms. The predicted molar refractivity (Wildman–Crippen MR) is 92.4 cm³/mol. The molecule has 1 aliphatic carbocycles. The lowest BCUT2D eigenvalue weighted by Crippen LogP contribution is -2.37. The number of hydrogen-bond acceptors (Lipinski definition) is 4. The van der Waals surface area contributed by atoms with Crippen LogP contribution in [-0.2, 0) is 4.79 Å². The van der Waals surface area contributed by atoms with E-state index in [2.05, 4.69) is 11.1 Å². The Morgan fingerprint density at radius 2 is 1.86 bits per heavy atom. The maximum Gasteiger partial charge on any atom is 0.233 e. The number of carbonyl (C=O) groups is 1. The number of aromatic nitrogens is 1. The number of likely N-dealkylation sites (tertiary alicyclic amines) is 1. The number of benzene rings is 1. The molecule has 0 N–H and O–H groups in total. The lowest BCUT2D eigenvalue weighted by atomic mass is 10.0. The lowest BCUT2D eigenvalue weighted by molar-refractivity contribution is -0.128. The smallest absolute Gasteiger partial charge is 0.233 e. The Bertz CT molecular complexity index is 701. The summed E-state index contributed by atoms with van der Waals surface area (Å²) in [4.78, 5) is 18.9. The van der Waals surface area contributed by atoms with E-state index < -0.39 is 0 Å². The summed E-state index contributed by atoms with van der Waals surface area (Å²) in [6.45, 7) is 1.80. The number of thiazole rings is 1. The SMILES string of the molecule is O=C(CSc1nc2ccccc2s1)N1CCC(=C2CC2)CC1. The maximum absolute atomic E-state index is 12.3. The van der Waals surface area contributed by atoms with Crippen molar-refractivity contribution >= 4 is 39.2 Å². The highest BCUT2D eigenvalue weighted by Crippen LogP contribution is 2.36. The highest BCUT2D eigenvalue weighted by atomic mass is 32.2. The lowest BCUT2D eigenvalue weighted by Gasteiger charge is -2.28. The molecule has 1 aromatic heterocycles. The van der Waals surface area contributed by atoms with Gasteiger partial charge in [-0.1, -0.05) is 35.0 Å². The summed E-state index contributed by atoms with van der Waals surface area (Å²) in [5, 5.41) is 0. The van der Waals surface area contributed by atoms with Crippen LogP contribution >= 0.6 is 23.1 Å². The van der Waals surface area contributed by atoms with Crippen molar-refractivity contribution in [3.8, 4) is 0 Å². The van der Waals surface area contributed by atoms with E-state index in [9.17, 15) is 4.79 Å². The van der Waals surface area contributed by atoms with Crippen LogP contribution in [0, 0.1) is 0 Å². The zero-order valence-corrected chi connectivity index (χ0v) is 14.0. The molecule has 1 aromatic carbocycles. The first-order valence-corrected chi connectivity index (χ1v) is 9.56. The third-order valence-corrected chi connectivity index (χ3v) is 6.48. The molecule has 2 aliphatic rings. The van der Waals surface area contributed by atoms with E-state index in [1.807, 2.05) is 23.1 Å². The number of hydrogen-bond donors (Lipinski definition) is 0. The van der Waals surface area contributed by atoms with E-state index in [0.717, 1.165) is 35.8 Å². The molecule has 3 nitrogen and oxygen atoms in total. The van der Waals surface area contributed by atoms with Gasteiger partial charge in [-0.2, -0.15) is 0 Å². The molecular formula is C17H18N2OS2. The van der Waals surface area contributed by atoms with Crippen LogP contribution in [0.3, 0.4) is 0 Å². The molecule has 1 amide bonds. The second-order valence-electron chi connectivity index (χ2n) is 5.82. The van der Waals surface area contributed by atoms with E-state index in [1.165, 1.54) is 17.5 Å². The van der Waals surface area contributed by atoms with E-state index in [0.29, 0.717) is 5.75 Å². The van der Waals surface area contributed by atoms with Crippen LogP contribution < -0.4 is 0 Å². The molecule has 0 spiro atoms. The van der Waals surface area contributed by atoms with Gasteiger partial charge < -0.3 is 4.90 Å². The molecule has 2 heterocycles. The van der Waals surface area contributed by atoms with Crippen molar-refractivity contribution in [2.24, 2.45) is 0 Å². The van der Waals surface area contributed by atoms with Gasteiger partial charge in [0.25, 0.3) is 0 Å². The first-order valence-electron chi connectivity index (χ1n) is 7.75. The number of piperidine rings is 1. The Labute approximate surface area is 138 Å². The van der Waals surface area contributed by atoms with Gasteiger partial charge in [0.05, 0.1) is 16.0 Å². The van der Waals surface area contributed by atoms with E-state index in [4.69, 9.17) is 0 Å². The first-order chi connectivity index (χ1) is 10.8. The van der Waals surface area contributed by atoms with Crippen molar-refractivity contribution in [2.45, 2.75) is 30.0 Å². The number of carbonyl (C=O) groups excluding carboxylic acids is 1. The van der Waals surface area contributed by atoms with Crippen LogP contribution in [0.15, 0.2) is 39.8 Å². The van der Waals surface area contributed by atoms with Crippen LogP contribution in [0.2, 0.25) is 0 Å². The summed E-state index contributed by atoms with van der Waals surface area (Å²) in [6, 6.07) is 8.13. The van der Waals surface area contributed by atoms with E-state index >= 15 is 0 Å². The van der Waals surface area contributed by atoms with Crippen molar-refractivity contribution in [1.82, 2.24) is 9.88 Å². The molecule has 114 valence electrons. The monoisotopic (exact) mass is 330 g/mol. The zero-order valence-electron chi connectivity index (χ0n) is 12.4. The molecule has 5 heteroatoms. The van der Waals surface area contributed by atoms with Gasteiger partial charge in [0.2, 0.25) is 5.91 Å². The number of amides is 1. The van der Waals surface area contributed by atoms with E-state index in [1.54, 1.807) is 34.2 Å². The van der Waals surface area contributed by atoms with Crippen LogP contribution in [0.4, 0.5) is 0 Å². The summed E-state index contributed by atoms with van der Waals surface area (Å²) < 4.78 is 2.18. The Balaban J connectivity index is 1.33. The second-order valence-corrected chi connectivity index (χ2v) is 8.08. The fourth-order valence-electron chi connectivity index (χ4n) is 2.92. The van der Waals surface area contributed by atoms with Crippen molar-refractivity contribution < 1.29 is 4.79 Å². The molecule has 4 rings (SSSR count). The summed E-state index contributed by atoms with van der Waals surface area (Å²) >= 11 is 3.24. The van der Waals surface area contributed by atoms with Crippen LogP contribution in [0.1, 0.15) is 25.7 Å². The number of rotatable bonds is 3. The van der Waals surface area contributed by atoms with Crippen LogP contribution in [0.25, 0.3) is 10.2 Å². The average molecular weight is 330 g/mol. The highest BCUT2D eigenvalue weighted by Gasteiger charge is 2.24. The Kier molecular flexibility index (Phi) is 3.92.